The maximum absolute atomic E-state index is 12.8. The molecule has 0 bridgehead atoms. The molecule has 0 aromatic heterocycles. The molecule has 3 N–H and O–H groups in total. The molecule has 5 rings (SSSR count). The zero-order valence-electron chi connectivity index (χ0n) is 21.8. The molecule has 0 saturated carbocycles. The van der Waals surface area contributed by atoms with Crippen molar-refractivity contribution in [2.45, 2.75) is 25.0 Å². The van der Waals surface area contributed by atoms with E-state index in [1.165, 1.54) is 0 Å². The summed E-state index contributed by atoms with van der Waals surface area (Å²) in [6.07, 6.45) is 6.57. The monoisotopic (exact) mass is 538 g/mol. The first kappa shape index (κ1) is 27.1. The van der Waals surface area contributed by atoms with Gasteiger partial charge in [-0.05, 0) is 52.8 Å². The van der Waals surface area contributed by atoms with E-state index in [9.17, 15) is 24.6 Å². The molecule has 8 heteroatoms. The Morgan fingerprint density at radius 2 is 1.60 bits per heavy atom. The van der Waals surface area contributed by atoms with Crippen molar-refractivity contribution in [3.05, 3.63) is 114 Å². The van der Waals surface area contributed by atoms with E-state index in [0.29, 0.717) is 31.5 Å². The molecule has 2 unspecified atom stereocenters. The number of nitrogens with zero attached hydrogens (tertiary/aromatic N) is 1. The van der Waals surface area contributed by atoms with Crippen molar-refractivity contribution >= 4 is 23.4 Å². The van der Waals surface area contributed by atoms with E-state index in [-0.39, 0.29) is 18.1 Å². The third-order valence-corrected chi connectivity index (χ3v) is 7.38. The van der Waals surface area contributed by atoms with Gasteiger partial charge in [-0.2, -0.15) is 0 Å². The number of unbranched alkanes of at least 4 members (excludes halogenated alkanes) is 1. The SMILES string of the molecule is O=C(O)c1cc(-c2ccccc2)ccc1CONCCCCN1C(=O)C12C=CC(c1ccccc1)=CC2C(=O)O. The summed E-state index contributed by atoms with van der Waals surface area (Å²) in [5, 5.41) is 19.5. The van der Waals surface area contributed by atoms with E-state index in [4.69, 9.17) is 4.84 Å². The van der Waals surface area contributed by atoms with Crippen molar-refractivity contribution in [1.29, 1.82) is 0 Å². The number of benzene rings is 3. The van der Waals surface area contributed by atoms with Crippen LogP contribution in [-0.4, -0.2) is 51.6 Å². The van der Waals surface area contributed by atoms with E-state index in [1.807, 2.05) is 72.8 Å². The lowest BCUT2D eigenvalue weighted by atomic mass is 9.83. The number of hydrogen-bond acceptors (Lipinski definition) is 5. The molecule has 1 aliphatic heterocycles. The number of rotatable bonds is 12. The minimum absolute atomic E-state index is 0.0889. The number of allylic oxidation sites excluding steroid dienone is 2. The van der Waals surface area contributed by atoms with Gasteiger partial charge in [-0.3, -0.25) is 14.4 Å². The van der Waals surface area contributed by atoms with Crippen LogP contribution in [0, 0.1) is 5.92 Å². The van der Waals surface area contributed by atoms with Crippen molar-refractivity contribution < 1.29 is 29.4 Å². The quantitative estimate of drug-likeness (QED) is 0.173. The molecule has 1 fully saturated rings. The van der Waals surface area contributed by atoms with Crippen LogP contribution in [-0.2, 0) is 21.0 Å². The highest BCUT2D eigenvalue weighted by molar-refractivity contribution is 6.10. The van der Waals surface area contributed by atoms with E-state index in [2.05, 4.69) is 5.48 Å². The lowest BCUT2D eigenvalue weighted by Crippen LogP contribution is -2.34. The van der Waals surface area contributed by atoms with Crippen LogP contribution >= 0.6 is 0 Å². The molecule has 1 heterocycles. The average molecular weight is 539 g/mol. The molecule has 1 saturated heterocycles. The van der Waals surface area contributed by atoms with Crippen LogP contribution < -0.4 is 5.48 Å². The molecular formula is C32H30N2O6. The number of carbonyl (C=O) groups excluding carboxylic acids is 1. The van der Waals surface area contributed by atoms with Gasteiger partial charge in [0, 0.05) is 13.1 Å². The van der Waals surface area contributed by atoms with Crippen LogP contribution in [0.5, 0.6) is 0 Å². The first-order chi connectivity index (χ1) is 19.4. The van der Waals surface area contributed by atoms with Gasteiger partial charge in [0.25, 0.3) is 5.91 Å². The van der Waals surface area contributed by atoms with Crippen LogP contribution in [0.4, 0.5) is 0 Å². The zero-order valence-corrected chi connectivity index (χ0v) is 21.8. The lowest BCUT2D eigenvalue weighted by Gasteiger charge is -2.22. The summed E-state index contributed by atoms with van der Waals surface area (Å²) in [5.41, 5.74) is 5.95. The highest BCUT2D eigenvalue weighted by atomic mass is 16.6. The maximum Gasteiger partial charge on any atom is 0.336 e. The topological polar surface area (TPSA) is 116 Å². The number of amides is 1. The van der Waals surface area contributed by atoms with E-state index >= 15 is 0 Å². The van der Waals surface area contributed by atoms with Crippen LogP contribution in [0.25, 0.3) is 16.7 Å². The summed E-state index contributed by atoms with van der Waals surface area (Å²) < 4.78 is 0. The van der Waals surface area contributed by atoms with Gasteiger partial charge in [0.15, 0.2) is 5.54 Å². The average Bonchev–Trinajstić information content (AvgIpc) is 3.53. The summed E-state index contributed by atoms with van der Waals surface area (Å²) in [6.45, 7) is 1.02. The van der Waals surface area contributed by atoms with E-state index in [1.54, 1.807) is 29.2 Å². The van der Waals surface area contributed by atoms with E-state index in [0.717, 1.165) is 22.3 Å². The fourth-order valence-electron chi connectivity index (χ4n) is 5.19. The van der Waals surface area contributed by atoms with Gasteiger partial charge in [0.2, 0.25) is 0 Å². The summed E-state index contributed by atoms with van der Waals surface area (Å²) in [5.74, 6) is -3.17. The minimum Gasteiger partial charge on any atom is -0.481 e. The lowest BCUT2D eigenvalue weighted by molar-refractivity contribution is -0.141. The molecular weight excluding hydrogens is 508 g/mol. The second kappa shape index (κ2) is 11.7. The molecule has 2 atom stereocenters. The second-order valence-electron chi connectivity index (χ2n) is 9.85. The molecule has 1 amide bonds. The standard InChI is InChI=1S/C32H30N2O6/c35-29(36)27-19-24(22-9-3-1-4-10-22)13-14-26(27)21-40-33-17-7-8-18-34-31(39)32(34)16-15-25(20-28(32)30(37)38)23-11-5-2-6-12-23/h1-6,9-16,19-20,28,33H,7-8,17-18,21H2,(H,35,36)(H,37,38). The van der Waals surface area contributed by atoms with Crippen molar-refractivity contribution in [1.82, 2.24) is 10.4 Å². The highest BCUT2D eigenvalue weighted by Crippen LogP contribution is 2.47. The number of hydrogen-bond donors (Lipinski definition) is 3. The Labute approximate surface area is 232 Å². The third-order valence-electron chi connectivity index (χ3n) is 7.38. The predicted octanol–water partition coefficient (Wildman–Crippen LogP) is 4.79. The van der Waals surface area contributed by atoms with Crippen LogP contribution in [0.2, 0.25) is 0 Å². The number of carboxylic acid groups (broad SMARTS) is 2. The minimum atomic E-state index is -1.12. The number of aliphatic carboxylic acids is 1. The summed E-state index contributed by atoms with van der Waals surface area (Å²) in [4.78, 5) is 43.8. The van der Waals surface area contributed by atoms with Crippen LogP contribution in [0.15, 0.2) is 97.1 Å². The van der Waals surface area contributed by atoms with Gasteiger partial charge in [-0.15, -0.1) is 0 Å². The molecule has 3 aromatic rings. The third kappa shape index (κ3) is 5.45. The number of hydroxylamine groups is 1. The smallest absolute Gasteiger partial charge is 0.336 e. The van der Waals surface area contributed by atoms with Crippen molar-refractivity contribution in [2.24, 2.45) is 5.92 Å². The Balaban J connectivity index is 1.09. The normalized spacial score (nSPS) is 19.5. The maximum atomic E-state index is 12.8. The van der Waals surface area contributed by atoms with Gasteiger partial charge in [-0.1, -0.05) is 84.9 Å². The molecule has 204 valence electrons. The first-order valence-corrected chi connectivity index (χ1v) is 13.2. The summed E-state index contributed by atoms with van der Waals surface area (Å²) in [6, 6.07) is 24.4. The van der Waals surface area contributed by atoms with Gasteiger partial charge < -0.3 is 15.1 Å². The molecule has 8 nitrogen and oxygen atoms in total. The van der Waals surface area contributed by atoms with Gasteiger partial charge in [0.1, 0.15) is 5.92 Å². The zero-order chi connectivity index (χ0) is 28.1. The fraction of sp³-hybridized carbons (Fsp3) is 0.219. The summed E-state index contributed by atoms with van der Waals surface area (Å²) in [7, 11) is 0. The molecule has 3 aromatic carbocycles. The number of aromatic carboxylic acids is 1. The Morgan fingerprint density at radius 3 is 2.27 bits per heavy atom. The van der Waals surface area contributed by atoms with Crippen LogP contribution in [0.3, 0.4) is 0 Å². The Kier molecular flexibility index (Phi) is 7.91. The van der Waals surface area contributed by atoms with Gasteiger partial charge in [0.05, 0.1) is 12.2 Å². The van der Waals surface area contributed by atoms with E-state index < -0.39 is 23.4 Å². The Bertz CT molecular complexity index is 1470. The molecule has 40 heavy (non-hydrogen) atoms. The van der Waals surface area contributed by atoms with Gasteiger partial charge in [-0.25, -0.2) is 10.3 Å². The molecule has 0 radical (unpaired) electrons. The largest absolute Gasteiger partial charge is 0.481 e. The van der Waals surface area contributed by atoms with Crippen LogP contribution in [0.1, 0.15) is 34.3 Å². The summed E-state index contributed by atoms with van der Waals surface area (Å²) >= 11 is 0. The van der Waals surface area contributed by atoms with Gasteiger partial charge >= 0.3 is 11.9 Å². The van der Waals surface area contributed by atoms with Crippen molar-refractivity contribution in [3.8, 4) is 11.1 Å². The number of carbonyl (C=O) groups is 3. The highest BCUT2D eigenvalue weighted by Gasteiger charge is 2.67. The molecule has 2 aliphatic rings. The van der Waals surface area contributed by atoms with Crippen molar-refractivity contribution in [2.75, 3.05) is 13.1 Å². The first-order valence-electron chi connectivity index (χ1n) is 13.2. The molecule has 1 aliphatic carbocycles. The second-order valence-corrected chi connectivity index (χ2v) is 9.85. The fourth-order valence-corrected chi connectivity index (χ4v) is 5.19. The number of nitrogens with one attached hydrogen (secondary N) is 1. The number of carboxylic acids is 2. The molecule has 1 spiro atoms. The Hall–Kier alpha value is -4.53. The predicted molar refractivity (Wildman–Crippen MR) is 150 cm³/mol. The Morgan fingerprint density at radius 1 is 0.900 bits per heavy atom. The van der Waals surface area contributed by atoms with Crippen molar-refractivity contribution in [3.63, 3.8) is 0 Å².